The molecule has 0 bridgehead atoms. The molecule has 14 nitrogen and oxygen atoms in total. The summed E-state index contributed by atoms with van der Waals surface area (Å²) in [7, 11) is 2.76. The largest absolute Gasteiger partial charge is 0.403 e. The Labute approximate surface area is 366 Å². The third-order valence-corrected chi connectivity index (χ3v) is 12.2. The summed E-state index contributed by atoms with van der Waals surface area (Å²) < 4.78 is 42.7. The summed E-state index contributed by atoms with van der Waals surface area (Å²) in [5.74, 6) is -5.49. The molecule has 7 amide bonds. The lowest BCUT2D eigenvalue weighted by Crippen LogP contribution is -2.62. The minimum absolute atomic E-state index is 0.0601. The lowest BCUT2D eigenvalue weighted by atomic mass is 9.72. The number of hydrogen-bond donors (Lipinski definition) is 5. The smallest absolute Gasteiger partial charge is 0.354 e. The van der Waals surface area contributed by atoms with E-state index in [0.717, 1.165) is 4.90 Å². The highest BCUT2D eigenvalue weighted by atomic mass is 35.5. The monoisotopic (exact) mass is 903 g/mol. The summed E-state index contributed by atoms with van der Waals surface area (Å²) in [4.78, 5) is 98.8. The number of nitrogens with one attached hydrogen (secondary N) is 5. The van der Waals surface area contributed by atoms with Gasteiger partial charge in [0, 0.05) is 37.1 Å². The van der Waals surface area contributed by atoms with Crippen LogP contribution in [0.4, 0.5) is 13.2 Å². The van der Waals surface area contributed by atoms with Gasteiger partial charge in [0.05, 0.1) is 0 Å². The fourth-order valence-electron chi connectivity index (χ4n) is 7.79. The molecule has 0 spiro atoms. The molecule has 1 aromatic carbocycles. The summed E-state index contributed by atoms with van der Waals surface area (Å²) in [5, 5.41) is 13.8. The quantitative estimate of drug-likeness (QED) is 0.211. The highest BCUT2D eigenvalue weighted by molar-refractivity contribution is 6.33. The molecule has 19 heteroatoms. The summed E-state index contributed by atoms with van der Waals surface area (Å²) in [6.07, 6.45) is -3.85. The van der Waals surface area contributed by atoms with E-state index < -0.39 is 88.7 Å². The first kappa shape index (κ1) is 51.2. The van der Waals surface area contributed by atoms with E-state index in [2.05, 4.69) is 26.6 Å². The zero-order valence-electron chi connectivity index (χ0n) is 36.3. The van der Waals surface area contributed by atoms with Crippen LogP contribution in [0, 0.1) is 11.3 Å². The van der Waals surface area contributed by atoms with Gasteiger partial charge in [-0.1, -0.05) is 63.2 Å². The fraction of sp³-hybridized carbons (Fsp3) is 0.690. The summed E-state index contributed by atoms with van der Waals surface area (Å²) in [6, 6.07) is -1.55. The van der Waals surface area contributed by atoms with Gasteiger partial charge in [-0.15, -0.1) is 0 Å². The van der Waals surface area contributed by atoms with Crippen molar-refractivity contribution in [2.24, 2.45) is 11.3 Å². The number of halogens is 5. The van der Waals surface area contributed by atoms with Crippen molar-refractivity contribution < 1.29 is 46.7 Å². The van der Waals surface area contributed by atoms with Crippen molar-refractivity contribution in [2.45, 2.75) is 154 Å². The second-order valence-corrected chi connectivity index (χ2v) is 18.1. The van der Waals surface area contributed by atoms with E-state index in [-0.39, 0.29) is 63.8 Å². The second kappa shape index (κ2) is 21.8. The number of carbonyl (C=O) groups excluding carboxylic acids is 7. The van der Waals surface area contributed by atoms with Crippen LogP contribution in [0.15, 0.2) is 18.2 Å². The maximum absolute atomic E-state index is 14.4. The maximum Gasteiger partial charge on any atom is 0.403 e. The van der Waals surface area contributed by atoms with Gasteiger partial charge in [0.25, 0.3) is 0 Å². The Morgan fingerprint density at radius 2 is 1.61 bits per heavy atom. The van der Waals surface area contributed by atoms with E-state index in [1.54, 1.807) is 18.2 Å². The van der Waals surface area contributed by atoms with E-state index in [4.69, 9.17) is 23.2 Å². The number of nitrogens with zero attached hydrogens (tertiary/aromatic N) is 2. The zero-order chi connectivity index (χ0) is 46.0. The summed E-state index contributed by atoms with van der Waals surface area (Å²) in [5.41, 5.74) is -3.57. The van der Waals surface area contributed by atoms with Crippen molar-refractivity contribution >= 4 is 64.6 Å². The van der Waals surface area contributed by atoms with Crippen LogP contribution in [0.5, 0.6) is 0 Å². The minimum Gasteiger partial charge on any atom is -0.354 e. The molecule has 5 N–H and O–H groups in total. The van der Waals surface area contributed by atoms with Crippen LogP contribution in [0.3, 0.4) is 0 Å². The third-order valence-electron chi connectivity index (χ3n) is 11.6. The molecule has 0 unspecified atom stereocenters. The van der Waals surface area contributed by atoms with Crippen molar-refractivity contribution in [2.75, 3.05) is 20.6 Å². The number of hydrogen-bond acceptors (Lipinski definition) is 7. The zero-order valence-corrected chi connectivity index (χ0v) is 37.8. The van der Waals surface area contributed by atoms with Crippen molar-refractivity contribution in [3.63, 3.8) is 0 Å². The van der Waals surface area contributed by atoms with E-state index in [9.17, 15) is 46.7 Å². The van der Waals surface area contributed by atoms with Gasteiger partial charge in [0.2, 0.25) is 41.4 Å². The highest BCUT2D eigenvalue weighted by Crippen LogP contribution is 2.49. The van der Waals surface area contributed by atoms with Crippen molar-refractivity contribution in [3.05, 3.63) is 33.8 Å². The number of carbonyl (C=O) groups is 7. The summed E-state index contributed by atoms with van der Waals surface area (Å²) >= 11 is 12.7. The number of amides is 7. The van der Waals surface area contributed by atoms with Crippen LogP contribution in [-0.2, 0) is 40.0 Å². The Kier molecular flexibility index (Phi) is 18.3. The van der Waals surface area contributed by atoms with E-state index >= 15 is 0 Å². The Bertz CT molecular complexity index is 1770. The van der Waals surface area contributed by atoms with Crippen LogP contribution in [-0.4, -0.2) is 114 Å². The SMILES string of the molecule is CC[C@H](NC(=O)C1(C(F)(F)F)CCCCC1)C(=O)N[C@@H](C)C(=O)N(C)[C@H]1CCCCNC(=O)C(C)(C)NC(=O)[C@H](Cc2cc(Cl)ccc2Cl)N(C)C(=O)[C@H](CC(C)C)NC1=O. The molecule has 1 heterocycles. The van der Waals surface area contributed by atoms with Gasteiger partial charge in [-0.2, -0.15) is 13.2 Å². The van der Waals surface area contributed by atoms with Gasteiger partial charge < -0.3 is 36.4 Å². The first-order valence-corrected chi connectivity index (χ1v) is 21.7. The number of rotatable bonds is 11. The van der Waals surface area contributed by atoms with Crippen molar-refractivity contribution in [1.29, 1.82) is 0 Å². The maximum atomic E-state index is 14.4. The molecule has 2 fully saturated rings. The summed E-state index contributed by atoms with van der Waals surface area (Å²) in [6.45, 7) is 9.77. The molecule has 61 heavy (non-hydrogen) atoms. The first-order chi connectivity index (χ1) is 28.4. The predicted molar refractivity (Wildman–Crippen MR) is 225 cm³/mol. The first-order valence-electron chi connectivity index (χ1n) is 20.9. The van der Waals surface area contributed by atoms with E-state index in [1.807, 2.05) is 13.8 Å². The standard InChI is InChI=1S/C42H62Cl2F3N7O7/c1-9-29(51-39(61)41(42(45,46)47)18-12-10-13-19-41)33(55)49-25(4)36(58)53(7)31-15-11-14-20-48-38(60)40(5,6)52-35(57)32(23-26-22-27(43)16-17-28(26)44)54(8)37(59)30(21-24(2)3)50-34(31)56/h16-17,22,24-25,29-32H,9-15,18-21,23H2,1-8H3,(H,48,60)(H,49,55)(H,50,56)(H,51,61)(H,52,57)/t25-,29-,30-,31-,32-/m0/s1. The molecule has 2 aliphatic rings. The average Bonchev–Trinajstić information content (AvgIpc) is 3.18. The van der Waals surface area contributed by atoms with Gasteiger partial charge in [0.1, 0.15) is 41.2 Å². The third kappa shape index (κ3) is 13.2. The molecule has 1 aliphatic carbocycles. The normalized spacial score (nSPS) is 22.9. The number of benzene rings is 1. The predicted octanol–water partition coefficient (Wildman–Crippen LogP) is 4.83. The molecule has 5 atom stereocenters. The van der Waals surface area contributed by atoms with Gasteiger partial charge >= 0.3 is 6.18 Å². The minimum atomic E-state index is -4.82. The molecule has 1 saturated carbocycles. The molecule has 3 rings (SSSR count). The lowest BCUT2D eigenvalue weighted by Gasteiger charge is -2.38. The second-order valence-electron chi connectivity index (χ2n) is 17.2. The Balaban J connectivity index is 1.91. The average molecular weight is 905 g/mol. The Hall–Kier alpha value is -4.12. The van der Waals surface area contributed by atoms with E-state index in [1.165, 1.54) is 46.7 Å². The molecular weight excluding hydrogens is 842 g/mol. The van der Waals surface area contributed by atoms with Gasteiger partial charge in [0.15, 0.2) is 0 Å². The highest BCUT2D eigenvalue weighted by Gasteiger charge is 2.60. The van der Waals surface area contributed by atoms with Crippen LogP contribution in [0.1, 0.15) is 111 Å². The number of alkyl halides is 3. The fourth-order valence-corrected chi connectivity index (χ4v) is 8.18. The van der Waals surface area contributed by atoms with E-state index in [0.29, 0.717) is 34.9 Å². The van der Waals surface area contributed by atoms with Crippen molar-refractivity contribution in [1.82, 2.24) is 36.4 Å². The Morgan fingerprint density at radius 1 is 0.967 bits per heavy atom. The van der Waals surface area contributed by atoms with Gasteiger partial charge in [-0.05, 0) is 95.4 Å². The topological polar surface area (TPSA) is 186 Å². The number of likely N-dealkylation sites (N-methyl/N-ethyl adjacent to an activating group) is 2. The lowest BCUT2D eigenvalue weighted by molar-refractivity contribution is -0.230. The molecule has 1 saturated heterocycles. The molecule has 0 radical (unpaired) electrons. The van der Waals surface area contributed by atoms with Crippen LogP contribution in [0.25, 0.3) is 0 Å². The molecule has 342 valence electrons. The Morgan fingerprint density at radius 3 is 2.20 bits per heavy atom. The van der Waals surface area contributed by atoms with Crippen LogP contribution < -0.4 is 26.6 Å². The molecule has 1 aliphatic heterocycles. The molecule has 0 aromatic heterocycles. The van der Waals surface area contributed by atoms with Crippen LogP contribution in [0.2, 0.25) is 10.0 Å². The van der Waals surface area contributed by atoms with Crippen LogP contribution >= 0.6 is 23.2 Å². The molecular formula is C42H62Cl2F3N7O7. The van der Waals surface area contributed by atoms with Gasteiger partial charge in [-0.25, -0.2) is 0 Å². The van der Waals surface area contributed by atoms with Crippen molar-refractivity contribution in [3.8, 4) is 0 Å². The molecule has 1 aromatic rings. The van der Waals surface area contributed by atoms with Gasteiger partial charge in [-0.3, -0.25) is 33.6 Å².